The smallest absolute Gasteiger partial charge is 0.191 e. The number of halogens is 1. The van der Waals surface area contributed by atoms with Gasteiger partial charge in [-0.15, -0.1) is 35.3 Å². The Kier molecular flexibility index (Phi) is 10.1. The van der Waals surface area contributed by atoms with Gasteiger partial charge in [-0.05, 0) is 27.8 Å². The minimum Gasteiger partial charge on any atom is -0.357 e. The van der Waals surface area contributed by atoms with Crippen molar-refractivity contribution in [1.29, 1.82) is 0 Å². The predicted octanol–water partition coefficient (Wildman–Crippen LogP) is 1.76. The van der Waals surface area contributed by atoms with Crippen LogP contribution in [-0.2, 0) is 6.54 Å². The summed E-state index contributed by atoms with van der Waals surface area (Å²) in [6, 6.07) is 0.509. The fraction of sp³-hybridized carbons (Fsp3) is 0.750. The van der Waals surface area contributed by atoms with Gasteiger partial charge in [0.1, 0.15) is 5.01 Å². The van der Waals surface area contributed by atoms with Crippen LogP contribution in [0.2, 0.25) is 0 Å². The van der Waals surface area contributed by atoms with E-state index in [4.69, 9.17) is 0 Å². The van der Waals surface area contributed by atoms with Gasteiger partial charge >= 0.3 is 0 Å². The molecule has 0 aliphatic carbocycles. The van der Waals surface area contributed by atoms with Crippen LogP contribution in [-0.4, -0.2) is 73.1 Å². The molecule has 1 aliphatic rings. The molecule has 0 spiro atoms. The lowest BCUT2D eigenvalue weighted by Gasteiger charge is -2.36. The minimum absolute atomic E-state index is 0. The average Bonchev–Trinajstić information content (AvgIpc) is 2.96. The number of aromatic nitrogens is 1. The molecule has 8 heteroatoms. The molecule has 1 unspecified atom stereocenters. The van der Waals surface area contributed by atoms with Crippen molar-refractivity contribution >= 4 is 41.3 Å². The van der Waals surface area contributed by atoms with Crippen molar-refractivity contribution in [3.05, 3.63) is 16.1 Å². The van der Waals surface area contributed by atoms with Gasteiger partial charge in [-0.2, -0.15) is 0 Å². The number of guanidine groups is 1. The normalized spacial score (nSPS) is 18.1. The maximum Gasteiger partial charge on any atom is 0.191 e. The van der Waals surface area contributed by atoms with Crippen molar-refractivity contribution in [2.24, 2.45) is 4.99 Å². The largest absolute Gasteiger partial charge is 0.357 e. The highest BCUT2D eigenvalue weighted by Gasteiger charge is 2.19. The second kappa shape index (κ2) is 11.2. The van der Waals surface area contributed by atoms with E-state index in [9.17, 15) is 0 Å². The molecule has 0 radical (unpaired) electrons. The summed E-state index contributed by atoms with van der Waals surface area (Å²) >= 11 is 1.71. The van der Waals surface area contributed by atoms with Crippen LogP contribution in [0.5, 0.6) is 0 Å². The van der Waals surface area contributed by atoms with Gasteiger partial charge in [0.05, 0.1) is 6.54 Å². The van der Waals surface area contributed by atoms with Gasteiger partial charge in [0.15, 0.2) is 5.96 Å². The molecular weight excluding hydrogens is 435 g/mol. The highest BCUT2D eigenvalue weighted by Crippen LogP contribution is 2.11. The second-order valence-electron chi connectivity index (χ2n) is 6.13. The molecule has 1 fully saturated rings. The number of hydrogen-bond acceptors (Lipinski definition) is 5. The van der Waals surface area contributed by atoms with E-state index in [2.05, 4.69) is 58.2 Å². The Labute approximate surface area is 167 Å². The minimum atomic E-state index is 0. The molecule has 1 saturated heterocycles. The Hall–Kier alpha value is -0.450. The zero-order chi connectivity index (χ0) is 16.7. The predicted molar refractivity (Wildman–Crippen MR) is 114 cm³/mol. The van der Waals surface area contributed by atoms with Crippen LogP contribution in [0.15, 0.2) is 11.2 Å². The van der Waals surface area contributed by atoms with Gasteiger partial charge < -0.3 is 15.5 Å². The van der Waals surface area contributed by atoms with Crippen LogP contribution in [0.4, 0.5) is 0 Å². The van der Waals surface area contributed by atoms with Crippen molar-refractivity contribution in [3.63, 3.8) is 0 Å². The lowest BCUT2D eigenvalue weighted by molar-refractivity contribution is 0.120. The maximum atomic E-state index is 4.64. The van der Waals surface area contributed by atoms with Crippen LogP contribution >= 0.6 is 35.3 Å². The zero-order valence-electron chi connectivity index (χ0n) is 15.2. The first-order chi connectivity index (χ1) is 11.1. The summed E-state index contributed by atoms with van der Waals surface area (Å²) in [4.78, 5) is 15.2. The number of nitrogens with zero attached hydrogens (tertiary/aromatic N) is 4. The highest BCUT2D eigenvalue weighted by atomic mass is 127. The average molecular weight is 466 g/mol. The summed E-state index contributed by atoms with van der Waals surface area (Å²) in [7, 11) is 2.19. The summed E-state index contributed by atoms with van der Waals surface area (Å²) in [5, 5.41) is 7.84. The van der Waals surface area contributed by atoms with E-state index >= 15 is 0 Å². The van der Waals surface area contributed by atoms with Crippen LogP contribution in [0.1, 0.15) is 23.7 Å². The number of likely N-dealkylation sites (N-methyl/N-ethyl adjacent to an activating group) is 1. The number of nitrogens with one attached hydrogen (secondary N) is 2. The van der Waals surface area contributed by atoms with Gasteiger partial charge in [-0.1, -0.05) is 0 Å². The van der Waals surface area contributed by atoms with Crippen LogP contribution in [0.3, 0.4) is 0 Å². The van der Waals surface area contributed by atoms with E-state index in [0.717, 1.165) is 50.2 Å². The van der Waals surface area contributed by atoms with E-state index in [1.165, 1.54) is 4.88 Å². The Morgan fingerprint density at radius 3 is 2.62 bits per heavy atom. The summed E-state index contributed by atoms with van der Waals surface area (Å²) in [5.41, 5.74) is 0. The molecular formula is C16H31IN6S. The molecule has 0 bridgehead atoms. The van der Waals surface area contributed by atoms with Crippen molar-refractivity contribution in [1.82, 2.24) is 25.4 Å². The first-order valence-electron chi connectivity index (χ1n) is 8.44. The van der Waals surface area contributed by atoms with Crippen LogP contribution < -0.4 is 10.6 Å². The fourth-order valence-electron chi connectivity index (χ4n) is 2.60. The van der Waals surface area contributed by atoms with Gasteiger partial charge in [-0.25, -0.2) is 9.98 Å². The zero-order valence-corrected chi connectivity index (χ0v) is 18.4. The van der Waals surface area contributed by atoms with Crippen LogP contribution in [0.25, 0.3) is 0 Å². The Morgan fingerprint density at radius 1 is 1.33 bits per heavy atom. The first-order valence-corrected chi connectivity index (χ1v) is 9.26. The molecule has 6 nitrogen and oxygen atoms in total. The van der Waals surface area contributed by atoms with E-state index in [-0.39, 0.29) is 24.0 Å². The number of hydrogen-bond donors (Lipinski definition) is 2. The lowest BCUT2D eigenvalue weighted by Crippen LogP contribution is -2.52. The first kappa shape index (κ1) is 21.6. The number of rotatable bonds is 6. The molecule has 2 heterocycles. The molecule has 0 amide bonds. The molecule has 138 valence electrons. The van der Waals surface area contributed by atoms with Crippen molar-refractivity contribution in [2.45, 2.75) is 33.4 Å². The molecule has 1 aromatic heterocycles. The third-order valence-electron chi connectivity index (χ3n) is 4.11. The fourth-order valence-corrected chi connectivity index (χ4v) is 3.31. The second-order valence-corrected chi connectivity index (χ2v) is 7.45. The van der Waals surface area contributed by atoms with Crippen molar-refractivity contribution in [2.75, 3.05) is 46.3 Å². The van der Waals surface area contributed by atoms with Gasteiger partial charge in [0, 0.05) is 56.4 Å². The molecule has 0 aromatic carbocycles. The Bertz CT molecular complexity index is 499. The summed E-state index contributed by atoms with van der Waals surface area (Å²) in [5.74, 6) is 0.876. The SMILES string of the molecule is CCNC(=NCc1ncc(C)s1)NCC(C)N1CCN(C)CC1.I. The molecule has 1 atom stereocenters. The molecule has 1 aromatic rings. The molecule has 1 aliphatic heterocycles. The quantitative estimate of drug-likeness (QED) is 0.380. The van der Waals surface area contributed by atoms with E-state index < -0.39 is 0 Å². The third-order valence-corrected chi connectivity index (χ3v) is 5.01. The summed E-state index contributed by atoms with van der Waals surface area (Å²) in [6.07, 6.45) is 1.91. The number of aliphatic imine (C=N–C) groups is 1. The Morgan fingerprint density at radius 2 is 2.04 bits per heavy atom. The topological polar surface area (TPSA) is 55.8 Å². The van der Waals surface area contributed by atoms with E-state index in [1.54, 1.807) is 11.3 Å². The van der Waals surface area contributed by atoms with E-state index in [1.807, 2.05) is 6.20 Å². The number of piperazine rings is 1. The molecule has 0 saturated carbocycles. The lowest BCUT2D eigenvalue weighted by atomic mass is 10.2. The Balaban J connectivity index is 0.00000288. The third kappa shape index (κ3) is 7.20. The van der Waals surface area contributed by atoms with E-state index in [0.29, 0.717) is 12.6 Å². The van der Waals surface area contributed by atoms with Crippen molar-refractivity contribution < 1.29 is 0 Å². The van der Waals surface area contributed by atoms with Crippen LogP contribution in [0, 0.1) is 6.92 Å². The highest BCUT2D eigenvalue weighted by molar-refractivity contribution is 14.0. The van der Waals surface area contributed by atoms with Gasteiger partial charge in [-0.3, -0.25) is 4.90 Å². The van der Waals surface area contributed by atoms with Crippen molar-refractivity contribution in [3.8, 4) is 0 Å². The summed E-state index contributed by atoms with van der Waals surface area (Å²) < 4.78 is 0. The molecule has 2 rings (SSSR count). The maximum absolute atomic E-state index is 4.64. The standard InChI is InChI=1S/C16H30N6S.HI/c1-5-17-16(20-12-15-18-11-14(3)23-15)19-10-13(2)22-8-6-21(4)7-9-22;/h11,13H,5-10,12H2,1-4H3,(H2,17,19,20);1H. The molecule has 2 N–H and O–H groups in total. The molecule has 24 heavy (non-hydrogen) atoms. The summed E-state index contributed by atoms with van der Waals surface area (Å²) in [6.45, 7) is 13.5. The number of aryl methyl sites for hydroxylation is 1. The monoisotopic (exact) mass is 466 g/mol. The van der Waals surface area contributed by atoms with Gasteiger partial charge in [0.25, 0.3) is 0 Å². The number of thiazole rings is 1. The van der Waals surface area contributed by atoms with Gasteiger partial charge in [0.2, 0.25) is 0 Å².